The number of Topliss-reactive ketones (excluding diaryl/α,β-unsaturated/α-hetero) is 2. The lowest BCUT2D eigenvalue weighted by Gasteiger charge is -2.29. The molecule has 3 nitrogen and oxygen atoms in total. The van der Waals surface area contributed by atoms with Gasteiger partial charge in [0.15, 0.2) is 5.78 Å². The third-order valence-corrected chi connectivity index (χ3v) is 2.80. The van der Waals surface area contributed by atoms with Crippen molar-refractivity contribution in [1.82, 2.24) is 0 Å². The van der Waals surface area contributed by atoms with Crippen LogP contribution in [0.2, 0.25) is 0 Å². The molecule has 0 heterocycles. The molecule has 96 valence electrons. The number of ketones is 2. The second kappa shape index (κ2) is 5.46. The molecule has 0 spiro atoms. The summed E-state index contributed by atoms with van der Waals surface area (Å²) in [6.07, 6.45) is 5.36. The largest absolute Gasteiger partial charge is 0.371 e. The van der Waals surface area contributed by atoms with Gasteiger partial charge in [0.05, 0.1) is 5.92 Å². The van der Waals surface area contributed by atoms with Crippen LogP contribution in [0.3, 0.4) is 0 Å². The van der Waals surface area contributed by atoms with E-state index >= 15 is 0 Å². The number of terminal acetylenes is 1. The van der Waals surface area contributed by atoms with Gasteiger partial charge in [-0.15, -0.1) is 12.3 Å². The maximum Gasteiger partial charge on any atom is 0.175 e. The van der Waals surface area contributed by atoms with Crippen LogP contribution in [-0.4, -0.2) is 24.3 Å². The molecule has 0 unspecified atom stereocenters. The predicted molar refractivity (Wildman–Crippen MR) is 67.5 cm³/mol. The van der Waals surface area contributed by atoms with Crippen LogP contribution in [0.4, 0.5) is 0 Å². The molecule has 0 aromatic rings. The molecule has 0 aromatic heterocycles. The van der Waals surface area contributed by atoms with Crippen molar-refractivity contribution in [3.63, 3.8) is 0 Å². The van der Waals surface area contributed by atoms with Crippen LogP contribution in [0.25, 0.3) is 0 Å². The second-order valence-electron chi connectivity index (χ2n) is 5.65. The first kappa shape index (κ1) is 15.9. The zero-order valence-electron chi connectivity index (χ0n) is 11.6. The molecule has 0 amide bonds. The highest BCUT2D eigenvalue weighted by Crippen LogP contribution is 2.27. The predicted octanol–water partition coefficient (Wildman–Crippen LogP) is 2.24. The molecule has 0 radical (unpaired) electrons. The molecule has 0 N–H and O–H groups in total. The zero-order chi connectivity index (χ0) is 13.9. The molecule has 17 heavy (non-hydrogen) atoms. The number of hydrogen-bond donors (Lipinski definition) is 0. The second-order valence-corrected chi connectivity index (χ2v) is 5.65. The van der Waals surface area contributed by atoms with E-state index in [4.69, 9.17) is 11.2 Å². The van der Waals surface area contributed by atoms with Crippen LogP contribution < -0.4 is 0 Å². The van der Waals surface area contributed by atoms with Crippen molar-refractivity contribution < 1.29 is 14.3 Å². The fourth-order valence-electron chi connectivity index (χ4n) is 1.47. The van der Waals surface area contributed by atoms with Gasteiger partial charge < -0.3 is 4.74 Å². The molecule has 3 heteroatoms. The Hall–Kier alpha value is -1.14. The summed E-state index contributed by atoms with van der Waals surface area (Å²) in [6, 6.07) is 0. The van der Waals surface area contributed by atoms with Gasteiger partial charge in [-0.2, -0.15) is 0 Å². The Kier molecular flexibility index (Phi) is 5.10. The van der Waals surface area contributed by atoms with E-state index in [0.717, 1.165) is 0 Å². The van der Waals surface area contributed by atoms with E-state index in [1.54, 1.807) is 34.6 Å². The van der Waals surface area contributed by atoms with E-state index in [1.807, 2.05) is 0 Å². The van der Waals surface area contributed by atoms with Crippen molar-refractivity contribution in [2.24, 2.45) is 11.3 Å². The maximum absolute atomic E-state index is 12.2. The lowest BCUT2D eigenvalue weighted by atomic mass is 9.76. The summed E-state index contributed by atoms with van der Waals surface area (Å²) in [6.45, 7) is 8.65. The molecule has 0 rings (SSSR count). The first-order valence-electron chi connectivity index (χ1n) is 5.65. The van der Waals surface area contributed by atoms with Crippen molar-refractivity contribution in [3.8, 4) is 12.3 Å². The van der Waals surface area contributed by atoms with Crippen molar-refractivity contribution in [1.29, 1.82) is 0 Å². The molecule has 0 aliphatic rings. The number of ether oxygens (including phenoxy) is 1. The van der Waals surface area contributed by atoms with Crippen LogP contribution in [0.5, 0.6) is 0 Å². The Morgan fingerprint density at radius 2 is 1.65 bits per heavy atom. The maximum atomic E-state index is 12.2. The number of hydrogen-bond acceptors (Lipinski definition) is 3. The average molecular weight is 238 g/mol. The van der Waals surface area contributed by atoms with Crippen molar-refractivity contribution in [2.45, 2.75) is 46.6 Å². The van der Waals surface area contributed by atoms with Gasteiger partial charge in [-0.1, -0.05) is 20.8 Å². The van der Waals surface area contributed by atoms with Gasteiger partial charge in [-0.3, -0.25) is 9.59 Å². The molecular weight excluding hydrogens is 216 g/mol. The molecule has 0 bridgehead atoms. The topological polar surface area (TPSA) is 43.4 Å². The molecule has 1 atom stereocenters. The Labute approximate surface area is 104 Å². The fraction of sp³-hybridized carbons (Fsp3) is 0.714. The standard InChI is InChI=1S/C14H22O3/c1-8-9-10(11(15)13(2,3)4)12(16)14(5,6)17-7/h1,10H,9H2,2-7H3/t10-/m1/s1. The average Bonchev–Trinajstić information content (AvgIpc) is 2.22. The van der Waals surface area contributed by atoms with Crippen LogP contribution in [0.15, 0.2) is 0 Å². The van der Waals surface area contributed by atoms with Gasteiger partial charge in [-0.05, 0) is 13.8 Å². The summed E-state index contributed by atoms with van der Waals surface area (Å²) in [5.41, 5.74) is -1.57. The molecular formula is C14H22O3. The highest BCUT2D eigenvalue weighted by atomic mass is 16.5. The molecule has 0 aliphatic heterocycles. The zero-order valence-corrected chi connectivity index (χ0v) is 11.6. The summed E-state index contributed by atoms with van der Waals surface area (Å²) < 4.78 is 5.12. The third-order valence-electron chi connectivity index (χ3n) is 2.80. The first-order valence-corrected chi connectivity index (χ1v) is 5.65. The minimum atomic E-state index is -0.984. The molecule has 0 saturated heterocycles. The normalized spacial score (nSPS) is 13.9. The number of carbonyl (C=O) groups excluding carboxylic acids is 2. The van der Waals surface area contributed by atoms with E-state index in [0.29, 0.717) is 0 Å². The van der Waals surface area contributed by atoms with Gasteiger partial charge in [0.2, 0.25) is 0 Å². The van der Waals surface area contributed by atoms with Crippen LogP contribution >= 0.6 is 0 Å². The molecule has 0 aromatic carbocycles. The van der Waals surface area contributed by atoms with Gasteiger partial charge in [0.25, 0.3) is 0 Å². The highest BCUT2D eigenvalue weighted by Gasteiger charge is 2.40. The quantitative estimate of drug-likeness (QED) is 0.545. The van der Waals surface area contributed by atoms with Gasteiger partial charge in [0.1, 0.15) is 11.4 Å². The lowest BCUT2D eigenvalue weighted by molar-refractivity contribution is -0.148. The van der Waals surface area contributed by atoms with Crippen molar-refractivity contribution >= 4 is 11.6 Å². The summed E-state index contributed by atoms with van der Waals surface area (Å²) >= 11 is 0. The van der Waals surface area contributed by atoms with E-state index in [2.05, 4.69) is 5.92 Å². The van der Waals surface area contributed by atoms with Crippen LogP contribution in [-0.2, 0) is 14.3 Å². The van der Waals surface area contributed by atoms with E-state index in [-0.39, 0.29) is 18.0 Å². The smallest absolute Gasteiger partial charge is 0.175 e. The summed E-state index contributed by atoms with van der Waals surface area (Å²) in [5.74, 6) is 1.23. The lowest BCUT2D eigenvalue weighted by Crippen LogP contribution is -2.44. The van der Waals surface area contributed by atoms with Crippen LogP contribution in [0.1, 0.15) is 41.0 Å². The van der Waals surface area contributed by atoms with E-state index in [9.17, 15) is 9.59 Å². The minimum Gasteiger partial charge on any atom is -0.371 e. The van der Waals surface area contributed by atoms with Gasteiger partial charge >= 0.3 is 0 Å². The van der Waals surface area contributed by atoms with Crippen molar-refractivity contribution in [3.05, 3.63) is 0 Å². The third kappa shape index (κ3) is 3.98. The SMILES string of the molecule is C#CC[C@H](C(=O)C(C)(C)C)C(=O)C(C)(C)OC. The summed E-state index contributed by atoms with van der Waals surface area (Å²) in [7, 11) is 1.45. The Bertz CT molecular complexity index is 339. The molecule has 0 saturated carbocycles. The van der Waals surface area contributed by atoms with Gasteiger partial charge in [0, 0.05) is 18.9 Å². The minimum absolute atomic E-state index is 0.127. The van der Waals surface area contributed by atoms with Crippen molar-refractivity contribution in [2.75, 3.05) is 7.11 Å². The summed E-state index contributed by atoms with van der Waals surface area (Å²) in [5, 5.41) is 0. The monoisotopic (exact) mass is 238 g/mol. The Morgan fingerprint density at radius 1 is 1.18 bits per heavy atom. The Balaban J connectivity index is 5.21. The Morgan fingerprint density at radius 3 is 1.94 bits per heavy atom. The summed E-state index contributed by atoms with van der Waals surface area (Å²) in [4.78, 5) is 24.4. The number of carbonyl (C=O) groups is 2. The van der Waals surface area contributed by atoms with E-state index in [1.165, 1.54) is 7.11 Å². The first-order chi connectivity index (χ1) is 7.57. The number of rotatable bonds is 5. The van der Waals surface area contributed by atoms with Crippen LogP contribution in [0, 0.1) is 23.7 Å². The highest BCUT2D eigenvalue weighted by molar-refractivity contribution is 6.07. The molecule has 0 fully saturated rings. The fourth-order valence-corrected chi connectivity index (χ4v) is 1.47. The van der Waals surface area contributed by atoms with Gasteiger partial charge in [-0.25, -0.2) is 0 Å². The molecule has 0 aliphatic carbocycles. The number of methoxy groups -OCH3 is 1. The van der Waals surface area contributed by atoms with E-state index < -0.39 is 16.9 Å².